The summed E-state index contributed by atoms with van der Waals surface area (Å²) in [7, 11) is 0. The maximum absolute atomic E-state index is 13.1. The monoisotopic (exact) mass is 486 g/mol. The molecule has 1 aliphatic heterocycles. The largest absolute Gasteiger partial charge is 0.395 e. The molecule has 0 atom stereocenters. The summed E-state index contributed by atoms with van der Waals surface area (Å²) in [5, 5.41) is 2.73. The van der Waals surface area contributed by atoms with Gasteiger partial charge < -0.3 is 10.2 Å². The normalized spacial score (nSPS) is 17.8. The van der Waals surface area contributed by atoms with Crippen LogP contribution < -0.4 is 10.2 Å². The highest BCUT2D eigenvalue weighted by molar-refractivity contribution is 9.11. The predicted octanol–water partition coefficient (Wildman–Crippen LogP) is 6.36. The number of thiophene rings is 1. The van der Waals surface area contributed by atoms with E-state index in [9.17, 15) is 18.0 Å². The number of amides is 1. The summed E-state index contributed by atoms with van der Waals surface area (Å²) in [5.74, 6) is -0.565. The molecule has 29 heavy (non-hydrogen) atoms. The number of anilines is 2. The number of hydrogen-bond acceptors (Lipinski definition) is 3. The molecule has 0 spiro atoms. The van der Waals surface area contributed by atoms with Gasteiger partial charge in [-0.3, -0.25) is 4.79 Å². The fourth-order valence-electron chi connectivity index (χ4n) is 4.03. The number of fused-ring (bicyclic) bond motifs is 1. The minimum Gasteiger partial charge on any atom is -0.366 e. The molecule has 0 radical (unpaired) electrons. The van der Waals surface area contributed by atoms with Gasteiger partial charge >= 0.3 is 6.18 Å². The molecular weight excluding hydrogens is 465 g/mol. The van der Waals surface area contributed by atoms with E-state index < -0.39 is 23.9 Å². The Morgan fingerprint density at radius 2 is 1.90 bits per heavy atom. The first-order valence-corrected chi connectivity index (χ1v) is 11.2. The highest BCUT2D eigenvalue weighted by atomic mass is 79.9. The lowest BCUT2D eigenvalue weighted by Crippen LogP contribution is -2.30. The van der Waals surface area contributed by atoms with Crippen LogP contribution in [0.25, 0.3) is 0 Å². The van der Waals surface area contributed by atoms with Crippen molar-refractivity contribution in [2.24, 2.45) is 5.41 Å². The summed E-state index contributed by atoms with van der Waals surface area (Å²) in [4.78, 5) is 16.0. The second-order valence-electron chi connectivity index (χ2n) is 8.13. The molecule has 1 aromatic heterocycles. The second-order valence-corrected chi connectivity index (χ2v) is 10.6. The second kappa shape index (κ2) is 7.30. The van der Waals surface area contributed by atoms with Gasteiger partial charge in [0, 0.05) is 29.2 Å². The Morgan fingerprint density at radius 3 is 2.48 bits per heavy atom. The predicted molar refractivity (Wildman–Crippen MR) is 114 cm³/mol. The van der Waals surface area contributed by atoms with E-state index in [2.05, 4.69) is 32.2 Å². The summed E-state index contributed by atoms with van der Waals surface area (Å²) in [6, 6.07) is 6.19. The number of hydrogen-bond donors (Lipinski definition) is 1. The third-order valence-electron chi connectivity index (χ3n) is 5.95. The molecule has 1 fully saturated rings. The van der Waals surface area contributed by atoms with E-state index in [-0.39, 0.29) is 12.8 Å². The number of carbonyl (C=O) groups is 1. The van der Waals surface area contributed by atoms with Crippen LogP contribution in [0.2, 0.25) is 0 Å². The molecule has 8 heteroatoms. The van der Waals surface area contributed by atoms with Crippen molar-refractivity contribution in [1.29, 1.82) is 0 Å². The molecule has 1 aromatic carbocycles. The van der Waals surface area contributed by atoms with Crippen molar-refractivity contribution in [1.82, 2.24) is 0 Å². The average molecular weight is 487 g/mol. The Morgan fingerprint density at radius 1 is 1.24 bits per heavy atom. The Hall–Kier alpha value is -1.54. The van der Waals surface area contributed by atoms with Crippen molar-refractivity contribution in [2.75, 3.05) is 16.8 Å². The van der Waals surface area contributed by atoms with Crippen LogP contribution in [0.1, 0.15) is 40.8 Å². The number of halogens is 4. The lowest BCUT2D eigenvalue weighted by atomic mass is 10.0. The third kappa shape index (κ3) is 4.06. The number of nitrogens with one attached hydrogen (secondary N) is 1. The van der Waals surface area contributed by atoms with Crippen molar-refractivity contribution in [2.45, 2.75) is 52.3 Å². The quantitative estimate of drug-likeness (QED) is 0.544. The van der Waals surface area contributed by atoms with Gasteiger partial charge in [-0.15, -0.1) is 11.3 Å². The fourth-order valence-corrected chi connectivity index (χ4v) is 5.84. The highest BCUT2D eigenvalue weighted by Gasteiger charge is 2.63. The first-order chi connectivity index (χ1) is 13.6. The van der Waals surface area contributed by atoms with Crippen LogP contribution in [0.5, 0.6) is 0 Å². The SMILES string of the molecule is Cc1cc(N2CCc3cc(Br)sc3C2)cc(C)c1NC(=O)CC1(C(F)(F)F)CC1. The van der Waals surface area contributed by atoms with Crippen LogP contribution in [-0.4, -0.2) is 18.6 Å². The number of benzene rings is 1. The molecule has 3 nitrogen and oxygen atoms in total. The van der Waals surface area contributed by atoms with Crippen LogP contribution in [0.15, 0.2) is 22.0 Å². The van der Waals surface area contributed by atoms with Crippen molar-refractivity contribution >= 4 is 44.5 Å². The van der Waals surface area contributed by atoms with E-state index in [1.54, 1.807) is 11.3 Å². The standard InChI is InChI=1S/C21H22BrF3N2OS/c1-12-7-15(27-6-3-14-9-17(22)29-16(14)11-27)8-13(2)19(12)26-18(28)10-20(4-5-20)21(23,24)25/h7-9H,3-6,10-11H2,1-2H3,(H,26,28). The van der Waals surface area contributed by atoms with E-state index in [1.807, 2.05) is 26.0 Å². The van der Waals surface area contributed by atoms with Gasteiger partial charge in [0.25, 0.3) is 0 Å². The van der Waals surface area contributed by atoms with Crippen molar-refractivity contribution in [3.63, 3.8) is 0 Å². The van der Waals surface area contributed by atoms with Gasteiger partial charge in [-0.1, -0.05) is 0 Å². The molecule has 2 aromatic rings. The maximum atomic E-state index is 13.1. The van der Waals surface area contributed by atoms with Gasteiger partial charge in [0.1, 0.15) is 0 Å². The van der Waals surface area contributed by atoms with E-state index in [1.165, 1.54) is 10.4 Å². The number of carbonyl (C=O) groups excluding carboxylic acids is 1. The fraction of sp³-hybridized carbons (Fsp3) is 0.476. The molecule has 0 bridgehead atoms. The van der Waals surface area contributed by atoms with Gasteiger partial charge in [0.2, 0.25) is 5.91 Å². The van der Waals surface area contributed by atoms with Gasteiger partial charge in [0.15, 0.2) is 0 Å². The number of nitrogens with zero attached hydrogens (tertiary/aromatic N) is 1. The Kier molecular flexibility index (Phi) is 5.22. The summed E-state index contributed by atoms with van der Waals surface area (Å²) in [6.07, 6.45) is -3.76. The molecule has 2 aliphatic rings. The van der Waals surface area contributed by atoms with E-state index in [4.69, 9.17) is 0 Å². The minimum absolute atomic E-state index is 0.0383. The molecular formula is C21H22BrF3N2OS. The summed E-state index contributed by atoms with van der Waals surface area (Å²) in [6.45, 7) is 5.53. The molecule has 1 saturated carbocycles. The first-order valence-electron chi connectivity index (χ1n) is 9.58. The summed E-state index contributed by atoms with van der Waals surface area (Å²) >= 11 is 5.30. The Balaban J connectivity index is 1.49. The van der Waals surface area contributed by atoms with Crippen LogP contribution in [0, 0.1) is 19.3 Å². The minimum atomic E-state index is -4.32. The lowest BCUT2D eigenvalue weighted by Gasteiger charge is -2.30. The van der Waals surface area contributed by atoms with E-state index >= 15 is 0 Å². The van der Waals surface area contributed by atoms with Gasteiger partial charge in [0.05, 0.1) is 15.7 Å². The highest BCUT2D eigenvalue weighted by Crippen LogP contribution is 2.60. The van der Waals surface area contributed by atoms with Crippen molar-refractivity contribution in [3.8, 4) is 0 Å². The molecule has 156 valence electrons. The lowest BCUT2D eigenvalue weighted by molar-refractivity contribution is -0.189. The van der Waals surface area contributed by atoms with Crippen LogP contribution in [0.4, 0.5) is 24.5 Å². The van der Waals surface area contributed by atoms with Crippen molar-refractivity contribution < 1.29 is 18.0 Å². The molecule has 4 rings (SSSR count). The zero-order chi connectivity index (χ0) is 21.0. The Labute approximate surface area is 180 Å². The number of aryl methyl sites for hydroxylation is 2. The summed E-state index contributed by atoms with van der Waals surface area (Å²) < 4.78 is 40.5. The van der Waals surface area contributed by atoms with Crippen molar-refractivity contribution in [3.05, 3.63) is 43.6 Å². The first kappa shape index (κ1) is 20.7. The van der Waals surface area contributed by atoms with Crippen LogP contribution in [0.3, 0.4) is 0 Å². The molecule has 1 N–H and O–H groups in total. The van der Waals surface area contributed by atoms with Gasteiger partial charge in [-0.2, -0.15) is 13.2 Å². The average Bonchev–Trinajstić information content (AvgIpc) is 3.31. The molecule has 1 amide bonds. The molecule has 2 heterocycles. The van der Waals surface area contributed by atoms with E-state index in [0.717, 1.165) is 40.1 Å². The molecule has 1 aliphatic carbocycles. The molecule has 0 saturated heterocycles. The zero-order valence-electron chi connectivity index (χ0n) is 16.3. The Bertz CT molecular complexity index is 942. The smallest absolute Gasteiger partial charge is 0.366 e. The number of alkyl halides is 3. The van der Waals surface area contributed by atoms with Crippen LogP contribution >= 0.6 is 27.3 Å². The molecule has 0 unspecified atom stereocenters. The van der Waals surface area contributed by atoms with Gasteiger partial charge in [-0.05, 0) is 83.9 Å². The van der Waals surface area contributed by atoms with E-state index in [0.29, 0.717) is 5.69 Å². The van der Waals surface area contributed by atoms with Crippen LogP contribution in [-0.2, 0) is 17.8 Å². The zero-order valence-corrected chi connectivity index (χ0v) is 18.7. The number of rotatable bonds is 4. The summed E-state index contributed by atoms with van der Waals surface area (Å²) in [5.41, 5.74) is 2.98. The maximum Gasteiger partial charge on any atom is 0.395 e. The topological polar surface area (TPSA) is 32.3 Å². The van der Waals surface area contributed by atoms with Gasteiger partial charge in [-0.25, -0.2) is 0 Å². The third-order valence-corrected chi connectivity index (χ3v) is 7.62.